The fourth-order valence-corrected chi connectivity index (χ4v) is 2.65. The van der Waals surface area contributed by atoms with Crippen LogP contribution in [0, 0.1) is 0 Å². The van der Waals surface area contributed by atoms with E-state index in [1.807, 2.05) is 12.1 Å². The van der Waals surface area contributed by atoms with Crippen LogP contribution in [0.2, 0.25) is 5.02 Å². The van der Waals surface area contributed by atoms with Crippen LogP contribution in [0.25, 0.3) is 11.0 Å². The van der Waals surface area contributed by atoms with Gasteiger partial charge in [-0.15, -0.1) is 0 Å². The molecule has 0 N–H and O–H groups in total. The molecule has 0 radical (unpaired) electrons. The van der Waals surface area contributed by atoms with E-state index in [4.69, 9.17) is 20.9 Å². The summed E-state index contributed by atoms with van der Waals surface area (Å²) < 4.78 is 11.2. The standard InChI is InChI=1S/C14H17ClN2O2/c1-2-17-7-5-11(6-8-17)18-14-12-9-10(15)3-4-13(12)19-16-14/h3-4,9,11H,2,5-8H2,1H3. The number of hydrogen-bond donors (Lipinski definition) is 0. The van der Waals surface area contributed by atoms with Crippen LogP contribution in [-0.4, -0.2) is 35.8 Å². The van der Waals surface area contributed by atoms with Crippen molar-refractivity contribution in [3.8, 4) is 5.88 Å². The number of piperidine rings is 1. The number of nitrogens with zero attached hydrogens (tertiary/aromatic N) is 2. The van der Waals surface area contributed by atoms with Gasteiger partial charge in [-0.2, -0.15) is 0 Å². The average Bonchev–Trinajstić information content (AvgIpc) is 2.82. The fourth-order valence-electron chi connectivity index (χ4n) is 2.47. The Kier molecular flexibility index (Phi) is 3.62. The van der Waals surface area contributed by atoms with E-state index in [0.29, 0.717) is 16.5 Å². The summed E-state index contributed by atoms with van der Waals surface area (Å²) in [5.41, 5.74) is 0.713. The normalized spacial score (nSPS) is 18.0. The Labute approximate surface area is 117 Å². The number of rotatable bonds is 3. The molecule has 0 amide bonds. The molecule has 1 aromatic carbocycles. The van der Waals surface area contributed by atoms with Gasteiger partial charge in [-0.25, -0.2) is 0 Å². The highest BCUT2D eigenvalue weighted by molar-refractivity contribution is 6.31. The van der Waals surface area contributed by atoms with Crippen LogP contribution in [0.4, 0.5) is 0 Å². The third-order valence-corrected chi connectivity index (χ3v) is 3.89. The number of likely N-dealkylation sites (tertiary alicyclic amines) is 1. The molecule has 2 heterocycles. The third kappa shape index (κ3) is 2.69. The van der Waals surface area contributed by atoms with E-state index in [2.05, 4.69) is 17.0 Å². The van der Waals surface area contributed by atoms with Crippen molar-refractivity contribution in [3.05, 3.63) is 23.2 Å². The van der Waals surface area contributed by atoms with Gasteiger partial charge in [0.1, 0.15) is 6.10 Å². The van der Waals surface area contributed by atoms with Crippen molar-refractivity contribution >= 4 is 22.6 Å². The van der Waals surface area contributed by atoms with Gasteiger partial charge in [-0.1, -0.05) is 18.5 Å². The molecule has 1 fully saturated rings. The average molecular weight is 281 g/mol. The molecular weight excluding hydrogens is 264 g/mol. The molecular formula is C14H17ClN2O2. The number of hydrogen-bond acceptors (Lipinski definition) is 4. The topological polar surface area (TPSA) is 38.5 Å². The molecule has 1 aromatic heterocycles. The third-order valence-electron chi connectivity index (χ3n) is 3.66. The molecule has 0 bridgehead atoms. The molecule has 0 atom stereocenters. The monoisotopic (exact) mass is 280 g/mol. The predicted molar refractivity (Wildman–Crippen MR) is 74.8 cm³/mol. The molecule has 0 saturated carbocycles. The quantitative estimate of drug-likeness (QED) is 0.864. The van der Waals surface area contributed by atoms with Gasteiger partial charge >= 0.3 is 0 Å². The van der Waals surface area contributed by atoms with E-state index in [1.54, 1.807) is 6.07 Å². The number of aromatic nitrogens is 1. The van der Waals surface area contributed by atoms with Crippen LogP contribution < -0.4 is 4.74 Å². The number of ether oxygens (including phenoxy) is 1. The predicted octanol–water partition coefficient (Wildman–Crippen LogP) is 3.34. The van der Waals surface area contributed by atoms with Crippen molar-refractivity contribution in [3.63, 3.8) is 0 Å². The van der Waals surface area contributed by atoms with Gasteiger partial charge in [0.05, 0.1) is 5.39 Å². The Bertz CT molecular complexity index is 562. The lowest BCUT2D eigenvalue weighted by atomic mass is 10.1. The Balaban J connectivity index is 1.73. The van der Waals surface area contributed by atoms with Crippen LogP contribution in [0.15, 0.2) is 22.7 Å². The van der Waals surface area contributed by atoms with E-state index in [9.17, 15) is 0 Å². The van der Waals surface area contributed by atoms with Crippen molar-refractivity contribution in [2.24, 2.45) is 0 Å². The van der Waals surface area contributed by atoms with Gasteiger partial charge in [0.2, 0.25) is 0 Å². The summed E-state index contributed by atoms with van der Waals surface area (Å²) in [5, 5.41) is 5.52. The highest BCUT2D eigenvalue weighted by atomic mass is 35.5. The Morgan fingerprint density at radius 1 is 1.42 bits per heavy atom. The molecule has 0 unspecified atom stereocenters. The highest BCUT2D eigenvalue weighted by Crippen LogP contribution is 2.29. The summed E-state index contributed by atoms with van der Waals surface area (Å²) >= 11 is 6.00. The van der Waals surface area contributed by atoms with Crippen molar-refractivity contribution in [1.29, 1.82) is 0 Å². The molecule has 0 spiro atoms. The molecule has 1 saturated heterocycles. The van der Waals surface area contributed by atoms with Crippen LogP contribution >= 0.6 is 11.6 Å². The van der Waals surface area contributed by atoms with Crippen LogP contribution in [-0.2, 0) is 0 Å². The minimum atomic E-state index is 0.218. The van der Waals surface area contributed by atoms with Gasteiger partial charge in [0.25, 0.3) is 5.88 Å². The highest BCUT2D eigenvalue weighted by Gasteiger charge is 2.21. The first-order valence-corrected chi connectivity index (χ1v) is 7.08. The number of fused-ring (bicyclic) bond motifs is 1. The second-order valence-electron chi connectivity index (χ2n) is 4.88. The first kappa shape index (κ1) is 12.8. The molecule has 1 aliphatic rings. The van der Waals surface area contributed by atoms with Crippen molar-refractivity contribution < 1.29 is 9.26 Å². The van der Waals surface area contributed by atoms with Gasteiger partial charge < -0.3 is 14.2 Å². The number of halogens is 1. The second kappa shape index (κ2) is 5.39. The first-order valence-electron chi connectivity index (χ1n) is 6.70. The van der Waals surface area contributed by atoms with E-state index in [1.165, 1.54) is 0 Å². The molecule has 3 rings (SSSR count). The zero-order chi connectivity index (χ0) is 13.2. The molecule has 19 heavy (non-hydrogen) atoms. The zero-order valence-corrected chi connectivity index (χ0v) is 11.7. The summed E-state index contributed by atoms with van der Waals surface area (Å²) in [6.07, 6.45) is 2.28. The van der Waals surface area contributed by atoms with Crippen molar-refractivity contribution in [1.82, 2.24) is 10.1 Å². The lowest BCUT2D eigenvalue weighted by Crippen LogP contribution is -2.38. The van der Waals surface area contributed by atoms with Crippen LogP contribution in [0.1, 0.15) is 19.8 Å². The Morgan fingerprint density at radius 2 is 2.21 bits per heavy atom. The lowest BCUT2D eigenvalue weighted by molar-refractivity contribution is 0.0975. The summed E-state index contributed by atoms with van der Waals surface area (Å²) in [4.78, 5) is 2.43. The second-order valence-corrected chi connectivity index (χ2v) is 5.32. The maximum Gasteiger partial charge on any atom is 0.262 e. The van der Waals surface area contributed by atoms with Crippen LogP contribution in [0.3, 0.4) is 0 Å². The largest absolute Gasteiger partial charge is 0.472 e. The molecule has 102 valence electrons. The molecule has 2 aromatic rings. The van der Waals surface area contributed by atoms with Crippen molar-refractivity contribution in [2.45, 2.75) is 25.9 Å². The Morgan fingerprint density at radius 3 is 2.95 bits per heavy atom. The minimum absolute atomic E-state index is 0.218. The molecule has 1 aliphatic heterocycles. The van der Waals surface area contributed by atoms with Gasteiger partial charge in [0, 0.05) is 18.1 Å². The smallest absolute Gasteiger partial charge is 0.262 e. The summed E-state index contributed by atoms with van der Waals surface area (Å²) in [6, 6.07) is 5.44. The SMILES string of the molecule is CCN1CCC(Oc2noc3ccc(Cl)cc23)CC1. The molecule has 0 aliphatic carbocycles. The zero-order valence-electron chi connectivity index (χ0n) is 10.9. The molecule has 5 heteroatoms. The summed E-state index contributed by atoms with van der Waals surface area (Å²) in [5.74, 6) is 0.562. The van der Waals surface area contributed by atoms with E-state index >= 15 is 0 Å². The van der Waals surface area contributed by atoms with Gasteiger partial charge in [-0.05, 0) is 42.7 Å². The van der Waals surface area contributed by atoms with E-state index in [0.717, 1.165) is 37.9 Å². The fraction of sp³-hybridized carbons (Fsp3) is 0.500. The Hall–Kier alpha value is -1.26. The van der Waals surface area contributed by atoms with Crippen molar-refractivity contribution in [2.75, 3.05) is 19.6 Å². The maximum absolute atomic E-state index is 6.00. The number of benzene rings is 1. The van der Waals surface area contributed by atoms with Gasteiger partial charge in [-0.3, -0.25) is 0 Å². The van der Waals surface area contributed by atoms with Crippen LogP contribution in [0.5, 0.6) is 5.88 Å². The summed E-state index contributed by atoms with van der Waals surface area (Å²) in [7, 11) is 0. The molecule has 4 nitrogen and oxygen atoms in total. The summed E-state index contributed by atoms with van der Waals surface area (Å²) in [6.45, 7) is 5.46. The maximum atomic E-state index is 6.00. The minimum Gasteiger partial charge on any atom is -0.472 e. The van der Waals surface area contributed by atoms with E-state index < -0.39 is 0 Å². The van der Waals surface area contributed by atoms with E-state index in [-0.39, 0.29) is 6.10 Å². The first-order chi connectivity index (χ1) is 9.26. The lowest BCUT2D eigenvalue weighted by Gasteiger charge is -2.30. The van der Waals surface area contributed by atoms with Gasteiger partial charge in [0.15, 0.2) is 5.58 Å².